The summed E-state index contributed by atoms with van der Waals surface area (Å²) in [5.41, 5.74) is 0. The van der Waals surface area contributed by atoms with Gasteiger partial charge in [-0.05, 0) is 0 Å². The second kappa shape index (κ2) is 7.60. The van der Waals surface area contributed by atoms with Crippen LogP contribution in [-0.2, 0) is 4.57 Å². The van der Waals surface area contributed by atoms with Crippen LogP contribution in [0.4, 0.5) is 0 Å². The number of rotatable bonds is 0. The summed E-state index contributed by atoms with van der Waals surface area (Å²) in [6, 6.07) is 0. The molecule has 7 heteroatoms. The van der Waals surface area contributed by atoms with Crippen molar-refractivity contribution in [1.82, 2.24) is 0 Å². The maximum Gasteiger partial charge on any atom is 3.00 e. The van der Waals surface area contributed by atoms with E-state index in [0.29, 0.717) is 0 Å². The zero-order valence-electron chi connectivity index (χ0n) is 4.10. The maximum absolute atomic E-state index is 8.55. The van der Waals surface area contributed by atoms with Crippen molar-refractivity contribution < 1.29 is 24.4 Å². The average Bonchev–Trinajstić information content (AvgIpc) is 1.36. The summed E-state index contributed by atoms with van der Waals surface area (Å²) >= 11 is 0. The van der Waals surface area contributed by atoms with Crippen LogP contribution in [-0.4, -0.2) is 29.6 Å². The van der Waals surface area contributed by atoms with Crippen LogP contribution in [0.2, 0.25) is 0 Å². The van der Waals surface area contributed by atoms with E-state index in [1.807, 2.05) is 0 Å². The minimum atomic E-state index is -5.39. The molecule has 46 valence electrons. The Morgan fingerprint density at radius 3 is 1.25 bits per heavy atom. The Morgan fingerprint density at radius 2 is 1.25 bits per heavy atom. The molecule has 0 atom stereocenters. The fraction of sp³-hybridized carbons (Fsp3) is 1.00. The van der Waals surface area contributed by atoms with Gasteiger partial charge in [0.25, 0.3) is 0 Å². The summed E-state index contributed by atoms with van der Waals surface area (Å²) in [6.45, 7) is 0. The summed E-state index contributed by atoms with van der Waals surface area (Å²) in [5, 5.41) is 7.00. The van der Waals surface area contributed by atoms with E-state index in [2.05, 4.69) is 0 Å². The Morgan fingerprint density at radius 1 is 1.25 bits per heavy atom. The van der Waals surface area contributed by atoms with E-state index in [9.17, 15) is 0 Å². The van der Waals surface area contributed by atoms with E-state index in [-0.39, 0.29) is 17.4 Å². The van der Waals surface area contributed by atoms with Gasteiger partial charge in [-0.1, -0.05) is 0 Å². The fourth-order valence-corrected chi connectivity index (χ4v) is 0. The predicted molar refractivity (Wildman–Crippen MR) is 21.5 cm³/mol. The van der Waals surface area contributed by atoms with Gasteiger partial charge in [0, 0.05) is 7.11 Å². The van der Waals surface area contributed by atoms with Crippen LogP contribution in [0.5, 0.6) is 0 Å². The Hall–Kier alpha value is 0.602. The molecule has 0 aliphatic carbocycles. The van der Waals surface area contributed by atoms with Gasteiger partial charge in [0.1, 0.15) is 0 Å². The standard InChI is InChI=1S/CH4O.Al.H3O4P/c1-2;;1-5(2,3)4/h2H,1H3;;(H3,1,2,3,4)/q;+3;/p-3. The Bertz CT molecular complexity index is 58.6. The molecule has 0 radical (unpaired) electrons. The molecule has 0 aliphatic heterocycles. The van der Waals surface area contributed by atoms with E-state index in [4.69, 9.17) is 24.4 Å². The zero-order chi connectivity index (χ0) is 6.50. The van der Waals surface area contributed by atoms with Crippen LogP contribution in [0.25, 0.3) is 0 Å². The first-order valence-electron chi connectivity index (χ1n) is 1.18. The maximum atomic E-state index is 8.55. The van der Waals surface area contributed by atoms with E-state index in [1.165, 1.54) is 0 Å². The van der Waals surface area contributed by atoms with Crippen LogP contribution in [0.3, 0.4) is 0 Å². The van der Waals surface area contributed by atoms with Crippen molar-refractivity contribution in [3.05, 3.63) is 0 Å². The first-order chi connectivity index (χ1) is 3.00. The largest absolute Gasteiger partial charge is 3.00 e. The van der Waals surface area contributed by atoms with Crippen LogP contribution in [0.1, 0.15) is 0 Å². The average molecular weight is 154 g/mol. The van der Waals surface area contributed by atoms with Crippen molar-refractivity contribution in [2.45, 2.75) is 0 Å². The molecule has 0 saturated heterocycles. The summed E-state index contributed by atoms with van der Waals surface area (Å²) in [4.78, 5) is 25.6. The molecule has 0 aliphatic rings. The van der Waals surface area contributed by atoms with Crippen LogP contribution < -0.4 is 14.7 Å². The molecule has 1 N–H and O–H groups in total. The van der Waals surface area contributed by atoms with Gasteiger partial charge >= 0.3 is 17.4 Å². The second-order valence-electron chi connectivity index (χ2n) is 0.447. The van der Waals surface area contributed by atoms with Gasteiger partial charge in [0.2, 0.25) is 0 Å². The van der Waals surface area contributed by atoms with Crippen molar-refractivity contribution >= 4 is 25.2 Å². The van der Waals surface area contributed by atoms with Gasteiger partial charge in [-0.2, -0.15) is 7.82 Å². The molecule has 0 spiro atoms. The molecule has 0 rings (SSSR count). The Balaban J connectivity index is -0.0000000750. The minimum Gasteiger partial charge on any atom is -0.822 e. The number of hydrogen-bond acceptors (Lipinski definition) is 5. The monoisotopic (exact) mass is 154 g/mol. The molecule has 5 nitrogen and oxygen atoms in total. The molecule has 0 unspecified atom stereocenters. The first-order valence-corrected chi connectivity index (χ1v) is 2.64. The van der Waals surface area contributed by atoms with Crippen LogP contribution in [0, 0.1) is 0 Å². The molecule has 8 heavy (non-hydrogen) atoms. The molecule has 0 aromatic rings. The molecular weight excluding hydrogens is 150 g/mol. The smallest absolute Gasteiger partial charge is 0.822 e. The predicted octanol–water partition coefficient (Wildman–Crippen LogP) is -3.60. The van der Waals surface area contributed by atoms with Gasteiger partial charge in [-0.3, -0.25) is 0 Å². The molecule has 0 bridgehead atoms. The van der Waals surface area contributed by atoms with Gasteiger partial charge in [0.15, 0.2) is 0 Å². The number of hydrogen-bond donors (Lipinski definition) is 1. The second-order valence-corrected chi connectivity index (χ2v) is 1.34. The van der Waals surface area contributed by atoms with Gasteiger partial charge in [-0.25, -0.2) is 0 Å². The third kappa shape index (κ3) is 571. The van der Waals surface area contributed by atoms with Crippen LogP contribution in [0.15, 0.2) is 0 Å². The third-order valence-corrected chi connectivity index (χ3v) is 0. The topological polar surface area (TPSA) is 106 Å². The normalized spacial score (nSPS) is 8.12. The number of phosphoric acid groups is 1. The summed E-state index contributed by atoms with van der Waals surface area (Å²) in [6.07, 6.45) is 0. The third-order valence-electron chi connectivity index (χ3n) is 0. The molecule has 0 aromatic carbocycles. The SMILES string of the molecule is CO.O=P([O-])([O-])[O-].[Al+3]. The first kappa shape index (κ1) is 15.8. The van der Waals surface area contributed by atoms with E-state index in [0.717, 1.165) is 7.11 Å². The van der Waals surface area contributed by atoms with Crippen LogP contribution >= 0.6 is 7.82 Å². The van der Waals surface area contributed by atoms with E-state index < -0.39 is 7.82 Å². The molecular formula is CH4AlO5P. The molecule has 0 saturated carbocycles. The van der Waals surface area contributed by atoms with E-state index in [1.54, 1.807) is 0 Å². The molecule has 0 aromatic heterocycles. The quantitative estimate of drug-likeness (QED) is 0.286. The number of aliphatic hydroxyl groups excluding tert-OH is 1. The number of aliphatic hydroxyl groups is 1. The van der Waals surface area contributed by atoms with Gasteiger partial charge in [0.05, 0.1) is 0 Å². The van der Waals surface area contributed by atoms with Crippen molar-refractivity contribution in [3.63, 3.8) is 0 Å². The summed E-state index contributed by atoms with van der Waals surface area (Å²) < 4.78 is 8.55. The van der Waals surface area contributed by atoms with Gasteiger partial charge < -0.3 is 24.4 Å². The van der Waals surface area contributed by atoms with Gasteiger partial charge in [-0.15, -0.1) is 0 Å². The summed E-state index contributed by atoms with van der Waals surface area (Å²) in [7, 11) is -4.39. The molecule has 0 heterocycles. The zero-order valence-corrected chi connectivity index (χ0v) is 6.15. The molecule has 0 amide bonds. The Kier molecular flexibility index (Phi) is 15.1. The Labute approximate surface area is 57.3 Å². The fourth-order valence-electron chi connectivity index (χ4n) is 0. The molecule has 0 fully saturated rings. The summed E-state index contributed by atoms with van der Waals surface area (Å²) in [5.74, 6) is 0. The van der Waals surface area contributed by atoms with Crippen molar-refractivity contribution in [2.75, 3.05) is 7.11 Å². The van der Waals surface area contributed by atoms with E-state index >= 15 is 0 Å². The van der Waals surface area contributed by atoms with Crippen molar-refractivity contribution in [2.24, 2.45) is 0 Å². The van der Waals surface area contributed by atoms with Crippen molar-refractivity contribution in [1.29, 1.82) is 0 Å². The minimum absolute atomic E-state index is 0. The van der Waals surface area contributed by atoms with Crippen molar-refractivity contribution in [3.8, 4) is 0 Å².